The van der Waals surface area contributed by atoms with Gasteiger partial charge in [-0.1, -0.05) is 27.2 Å². The minimum absolute atomic E-state index is 0. The molecule has 0 bridgehead atoms. The second-order valence-electron chi connectivity index (χ2n) is 1.76. The molecule has 0 N–H and O–H groups in total. The van der Waals surface area contributed by atoms with Gasteiger partial charge in [-0.2, -0.15) is 35.9 Å². The first-order chi connectivity index (χ1) is 4.93. The van der Waals surface area contributed by atoms with Crippen LogP contribution in [0.4, 0.5) is 0 Å². The molecular weight excluding hydrogens is 171 g/mol. The van der Waals surface area contributed by atoms with Crippen LogP contribution in [0.25, 0.3) is 0 Å². The van der Waals surface area contributed by atoms with E-state index in [9.17, 15) is 0 Å². The first-order valence-electron chi connectivity index (χ1n) is 3.88. The van der Waals surface area contributed by atoms with Crippen LogP contribution in [-0.4, -0.2) is 0 Å². The summed E-state index contributed by atoms with van der Waals surface area (Å²) in [7, 11) is 0. The maximum Gasteiger partial charge on any atom is 1.00 e. The van der Waals surface area contributed by atoms with E-state index >= 15 is 0 Å². The zero-order chi connectivity index (χ0) is 7.82. The molecular formula is C11H18K-. The zero-order valence-electron chi connectivity index (χ0n) is 9.02. The molecule has 1 aromatic rings. The number of rotatable bonds is 1. The minimum Gasteiger partial charge on any atom is -0.358 e. The average molecular weight is 189 g/mol. The first-order valence-corrected chi connectivity index (χ1v) is 3.88. The third kappa shape index (κ3) is 8.95. The molecule has 0 fully saturated rings. The van der Waals surface area contributed by atoms with Crippen LogP contribution in [0.15, 0.2) is 24.3 Å². The summed E-state index contributed by atoms with van der Waals surface area (Å²) in [5.41, 5.74) is 1.38. The van der Waals surface area contributed by atoms with Gasteiger partial charge in [0, 0.05) is 0 Å². The molecule has 1 heteroatoms. The Morgan fingerprint density at radius 2 is 1.58 bits per heavy atom. The Morgan fingerprint density at radius 3 is 1.83 bits per heavy atom. The summed E-state index contributed by atoms with van der Waals surface area (Å²) >= 11 is 0. The first kappa shape index (κ1) is 18.6. The fourth-order valence-corrected chi connectivity index (χ4v) is 0.657. The van der Waals surface area contributed by atoms with Crippen molar-refractivity contribution >= 4 is 0 Å². The fourth-order valence-electron chi connectivity index (χ4n) is 0.657. The summed E-state index contributed by atoms with van der Waals surface area (Å²) in [6, 6.07) is 11.0. The van der Waals surface area contributed by atoms with Gasteiger partial charge in [0.05, 0.1) is 0 Å². The van der Waals surface area contributed by atoms with Crippen molar-refractivity contribution in [3.8, 4) is 0 Å². The molecule has 64 valence electrons. The van der Waals surface area contributed by atoms with Gasteiger partial charge < -0.3 is 7.43 Å². The molecule has 0 spiro atoms. The van der Waals surface area contributed by atoms with Gasteiger partial charge in [-0.15, -0.1) is 0 Å². The molecule has 12 heavy (non-hydrogen) atoms. The van der Waals surface area contributed by atoms with Crippen LogP contribution in [0.5, 0.6) is 0 Å². The van der Waals surface area contributed by atoms with Crippen molar-refractivity contribution in [2.45, 2.75) is 27.2 Å². The molecule has 0 saturated carbocycles. The Bertz CT molecular complexity index is 146. The Kier molecular flexibility index (Phi) is 22.3. The Hall–Kier alpha value is 0.856. The van der Waals surface area contributed by atoms with Crippen LogP contribution >= 0.6 is 0 Å². The van der Waals surface area contributed by atoms with E-state index < -0.39 is 0 Å². The average Bonchev–Trinajstić information content (AvgIpc) is 2.10. The summed E-state index contributed by atoms with van der Waals surface area (Å²) < 4.78 is 0. The van der Waals surface area contributed by atoms with Gasteiger partial charge in [-0.05, 0) is 0 Å². The monoisotopic (exact) mass is 189 g/mol. The zero-order valence-corrected chi connectivity index (χ0v) is 12.1. The third-order valence-corrected chi connectivity index (χ3v) is 1.20. The van der Waals surface area contributed by atoms with E-state index in [-0.39, 0.29) is 58.8 Å². The van der Waals surface area contributed by atoms with Crippen molar-refractivity contribution in [3.05, 3.63) is 43.3 Å². The molecule has 0 aliphatic carbocycles. The summed E-state index contributed by atoms with van der Waals surface area (Å²) in [5, 5.41) is 0. The third-order valence-electron chi connectivity index (χ3n) is 1.20. The predicted molar refractivity (Wildman–Crippen MR) is 52.4 cm³/mol. The summed E-state index contributed by atoms with van der Waals surface area (Å²) in [6.45, 7) is 6.15. The number of benzene rings is 1. The van der Waals surface area contributed by atoms with Crippen molar-refractivity contribution in [1.82, 2.24) is 0 Å². The second-order valence-corrected chi connectivity index (χ2v) is 1.76. The molecule has 0 saturated heterocycles. The predicted octanol–water partition coefficient (Wildman–Crippen LogP) is 0.530. The van der Waals surface area contributed by atoms with Crippen molar-refractivity contribution in [2.24, 2.45) is 0 Å². The number of hydrogen-bond acceptors (Lipinski definition) is 0. The van der Waals surface area contributed by atoms with Crippen LogP contribution in [0.2, 0.25) is 0 Å². The maximum absolute atomic E-state index is 2.97. The standard InChI is InChI=1S/C8H9.C2H6.CH3.K/c1-2-8-6-4-3-5-7-8;1-2;;/h4-7H,2H2,1H3;1-2H3;1H3;/q-1;;-1;+1. The van der Waals surface area contributed by atoms with Crippen molar-refractivity contribution < 1.29 is 51.4 Å². The summed E-state index contributed by atoms with van der Waals surface area (Å²) in [4.78, 5) is 0. The van der Waals surface area contributed by atoms with Crippen LogP contribution in [-0.2, 0) is 6.42 Å². The fraction of sp³-hybridized carbons (Fsp3) is 0.364. The molecule has 0 aromatic heterocycles. The molecule has 0 unspecified atom stereocenters. The SMILES string of the molecule is CC.CCc1cc[c-]cc1.[CH3-].[K+]. The molecule has 1 rings (SSSR count). The summed E-state index contributed by atoms with van der Waals surface area (Å²) in [6.07, 6.45) is 1.12. The van der Waals surface area contributed by atoms with Crippen molar-refractivity contribution in [1.29, 1.82) is 0 Å². The largest absolute Gasteiger partial charge is 1.00 e. The summed E-state index contributed by atoms with van der Waals surface area (Å²) in [5.74, 6) is 0. The van der Waals surface area contributed by atoms with Gasteiger partial charge in [-0.25, -0.2) is 0 Å². The van der Waals surface area contributed by atoms with Crippen LogP contribution in [0.3, 0.4) is 0 Å². The van der Waals surface area contributed by atoms with E-state index in [1.54, 1.807) is 0 Å². The Labute approximate surface area is 120 Å². The van der Waals surface area contributed by atoms with Crippen LogP contribution in [0, 0.1) is 13.5 Å². The van der Waals surface area contributed by atoms with Gasteiger partial charge in [0.1, 0.15) is 0 Å². The molecule has 0 nitrogen and oxygen atoms in total. The quantitative estimate of drug-likeness (QED) is 0.447. The topological polar surface area (TPSA) is 0 Å². The second kappa shape index (κ2) is 14.4. The van der Waals surface area contributed by atoms with Gasteiger partial charge in [-0.3, -0.25) is 0 Å². The Balaban J connectivity index is -0.000000189. The number of aryl methyl sites for hydroxylation is 1. The van der Waals surface area contributed by atoms with Gasteiger partial charge in [0.15, 0.2) is 0 Å². The minimum atomic E-state index is 0. The van der Waals surface area contributed by atoms with E-state index in [1.807, 2.05) is 26.0 Å². The van der Waals surface area contributed by atoms with E-state index in [1.165, 1.54) is 5.56 Å². The van der Waals surface area contributed by atoms with Gasteiger partial charge in [0.2, 0.25) is 0 Å². The molecule has 0 amide bonds. The van der Waals surface area contributed by atoms with Crippen LogP contribution in [0.1, 0.15) is 26.3 Å². The molecule has 0 aliphatic rings. The molecule has 0 atom stereocenters. The van der Waals surface area contributed by atoms with Crippen LogP contribution < -0.4 is 51.4 Å². The molecule has 0 radical (unpaired) electrons. The van der Waals surface area contributed by atoms with E-state index in [4.69, 9.17) is 0 Å². The molecule has 0 heterocycles. The molecule has 1 aromatic carbocycles. The normalized spacial score (nSPS) is 6.58. The van der Waals surface area contributed by atoms with E-state index in [2.05, 4.69) is 25.1 Å². The van der Waals surface area contributed by atoms with E-state index in [0.29, 0.717) is 0 Å². The van der Waals surface area contributed by atoms with Crippen molar-refractivity contribution in [3.63, 3.8) is 0 Å². The molecule has 0 aliphatic heterocycles. The maximum atomic E-state index is 2.97. The van der Waals surface area contributed by atoms with Gasteiger partial charge in [0.25, 0.3) is 0 Å². The van der Waals surface area contributed by atoms with Gasteiger partial charge >= 0.3 is 51.4 Å². The smallest absolute Gasteiger partial charge is 0.358 e. The van der Waals surface area contributed by atoms with E-state index in [0.717, 1.165) is 6.42 Å². The Morgan fingerprint density at radius 1 is 1.17 bits per heavy atom. The van der Waals surface area contributed by atoms with Crippen molar-refractivity contribution in [2.75, 3.05) is 0 Å². The number of hydrogen-bond donors (Lipinski definition) is 0.